The second kappa shape index (κ2) is 6.15. The fourth-order valence-corrected chi connectivity index (χ4v) is 3.56. The van der Waals surface area contributed by atoms with Gasteiger partial charge in [-0.2, -0.15) is 5.10 Å². The van der Waals surface area contributed by atoms with Crippen LogP contribution in [0.25, 0.3) is 5.69 Å². The maximum Gasteiger partial charge on any atom is 0.279 e. The highest BCUT2D eigenvalue weighted by Gasteiger charge is 2.32. The summed E-state index contributed by atoms with van der Waals surface area (Å²) in [4.78, 5) is 24.8. The van der Waals surface area contributed by atoms with Crippen molar-refractivity contribution >= 4 is 17.4 Å². The van der Waals surface area contributed by atoms with E-state index in [1.54, 1.807) is 34.2 Å². The van der Waals surface area contributed by atoms with E-state index in [-0.39, 0.29) is 5.91 Å². The summed E-state index contributed by atoms with van der Waals surface area (Å²) in [6, 6.07) is 7.41. The van der Waals surface area contributed by atoms with E-state index in [1.807, 2.05) is 29.3 Å². The van der Waals surface area contributed by atoms with Gasteiger partial charge >= 0.3 is 0 Å². The molecule has 0 saturated carbocycles. The van der Waals surface area contributed by atoms with Crippen LogP contribution >= 0.6 is 0 Å². The molecule has 0 radical (unpaired) electrons. The van der Waals surface area contributed by atoms with E-state index in [0.29, 0.717) is 31.7 Å². The predicted molar refractivity (Wildman–Crippen MR) is 97.8 cm³/mol. The molecule has 0 aliphatic carbocycles. The topological polar surface area (TPSA) is 67.2 Å². The molecule has 1 saturated heterocycles. The number of alkyl halides is 1. The van der Waals surface area contributed by atoms with Gasteiger partial charge in [0.2, 0.25) is 0 Å². The van der Waals surface area contributed by atoms with Gasteiger partial charge in [-0.3, -0.25) is 9.78 Å². The average Bonchev–Trinajstić information content (AvgIpc) is 3.39. The fourth-order valence-electron chi connectivity index (χ4n) is 3.56. The minimum atomic E-state index is -0.783. The van der Waals surface area contributed by atoms with Crippen molar-refractivity contribution in [2.75, 3.05) is 22.9 Å². The quantitative estimate of drug-likeness (QED) is 0.714. The van der Waals surface area contributed by atoms with Crippen LogP contribution < -0.4 is 9.80 Å². The second-order valence-corrected chi connectivity index (χ2v) is 6.76. The standard InChI is InChI=1S/C19H17FN6O/c20-14-5-7-24(12-14)17-4-3-16(9-22-17)26-11-13-10-25(19(27)18(13)23-26)15-2-1-6-21-8-15/h1-4,6,8-9,11,14H,5,7,10,12H2/t14-/m1/s1. The number of amides is 1. The number of nitrogens with zero attached hydrogens (tertiary/aromatic N) is 6. The van der Waals surface area contributed by atoms with Crippen LogP contribution in [0.15, 0.2) is 49.1 Å². The molecule has 3 aromatic rings. The predicted octanol–water partition coefficient (Wildman–Crippen LogP) is 2.37. The summed E-state index contributed by atoms with van der Waals surface area (Å²) in [5.41, 5.74) is 2.84. The Morgan fingerprint density at radius 3 is 2.74 bits per heavy atom. The van der Waals surface area contributed by atoms with E-state index in [4.69, 9.17) is 0 Å². The van der Waals surface area contributed by atoms with E-state index in [0.717, 1.165) is 22.8 Å². The van der Waals surface area contributed by atoms with Gasteiger partial charge in [-0.15, -0.1) is 0 Å². The van der Waals surface area contributed by atoms with Crippen molar-refractivity contribution < 1.29 is 9.18 Å². The monoisotopic (exact) mass is 364 g/mol. The molecule has 2 aliphatic rings. The number of halogens is 1. The molecule has 0 unspecified atom stereocenters. The highest BCUT2D eigenvalue weighted by atomic mass is 19.1. The van der Waals surface area contributed by atoms with E-state index in [2.05, 4.69) is 15.1 Å². The van der Waals surface area contributed by atoms with Gasteiger partial charge in [0.05, 0.1) is 36.9 Å². The normalized spacial score (nSPS) is 19.0. The average molecular weight is 364 g/mol. The molecule has 0 spiro atoms. The Labute approximate surface area is 155 Å². The number of aromatic nitrogens is 4. The van der Waals surface area contributed by atoms with E-state index in [9.17, 15) is 9.18 Å². The highest BCUT2D eigenvalue weighted by molar-refractivity contribution is 6.08. The van der Waals surface area contributed by atoms with Gasteiger partial charge in [0, 0.05) is 24.5 Å². The molecule has 136 valence electrons. The van der Waals surface area contributed by atoms with Crippen molar-refractivity contribution in [3.63, 3.8) is 0 Å². The van der Waals surface area contributed by atoms with Crippen LogP contribution in [0.2, 0.25) is 0 Å². The minimum Gasteiger partial charge on any atom is -0.354 e. The van der Waals surface area contributed by atoms with Gasteiger partial charge in [-0.25, -0.2) is 14.1 Å². The van der Waals surface area contributed by atoms with Crippen molar-refractivity contribution in [3.8, 4) is 5.69 Å². The molecule has 7 nitrogen and oxygen atoms in total. The van der Waals surface area contributed by atoms with Gasteiger partial charge in [0.1, 0.15) is 12.0 Å². The second-order valence-electron chi connectivity index (χ2n) is 6.76. The molecule has 2 aliphatic heterocycles. The summed E-state index contributed by atoms with van der Waals surface area (Å²) in [7, 11) is 0. The van der Waals surface area contributed by atoms with Crippen LogP contribution in [0.4, 0.5) is 15.9 Å². The molecule has 3 aromatic heterocycles. The zero-order valence-electron chi connectivity index (χ0n) is 14.5. The molecule has 27 heavy (non-hydrogen) atoms. The SMILES string of the molecule is O=C1c2nn(-c3ccc(N4CC[C@@H](F)C4)nc3)cc2CN1c1cccnc1. The first-order valence-corrected chi connectivity index (χ1v) is 8.85. The lowest BCUT2D eigenvalue weighted by Gasteiger charge is -2.16. The number of rotatable bonds is 3. The molecule has 0 bridgehead atoms. The minimum absolute atomic E-state index is 0.132. The Morgan fingerprint density at radius 1 is 1.15 bits per heavy atom. The van der Waals surface area contributed by atoms with Crippen molar-refractivity contribution in [2.24, 2.45) is 0 Å². The Hall–Kier alpha value is -3.29. The number of fused-ring (bicyclic) bond motifs is 1. The summed E-state index contributed by atoms with van der Waals surface area (Å²) in [5.74, 6) is 0.629. The third kappa shape index (κ3) is 2.73. The molecule has 0 aromatic carbocycles. The van der Waals surface area contributed by atoms with Crippen LogP contribution in [0.5, 0.6) is 0 Å². The molecule has 1 atom stereocenters. The lowest BCUT2D eigenvalue weighted by molar-refractivity contribution is 0.0991. The van der Waals surface area contributed by atoms with Crippen LogP contribution in [0.1, 0.15) is 22.5 Å². The molecule has 1 amide bonds. The van der Waals surface area contributed by atoms with E-state index in [1.165, 1.54) is 0 Å². The molecular weight excluding hydrogens is 347 g/mol. The summed E-state index contributed by atoms with van der Waals surface area (Å²) in [6.07, 6.45) is 6.66. The van der Waals surface area contributed by atoms with Crippen molar-refractivity contribution in [1.82, 2.24) is 19.7 Å². The number of hydrogen-bond acceptors (Lipinski definition) is 5. The lowest BCUT2D eigenvalue weighted by Crippen LogP contribution is -2.24. The summed E-state index contributed by atoms with van der Waals surface area (Å²) in [6.45, 7) is 1.54. The van der Waals surface area contributed by atoms with Crippen molar-refractivity contribution in [1.29, 1.82) is 0 Å². The number of anilines is 2. The van der Waals surface area contributed by atoms with Crippen molar-refractivity contribution in [3.05, 3.63) is 60.3 Å². The molecule has 5 rings (SSSR count). The van der Waals surface area contributed by atoms with Gasteiger partial charge < -0.3 is 9.80 Å². The molecule has 8 heteroatoms. The maximum absolute atomic E-state index is 13.4. The van der Waals surface area contributed by atoms with E-state index < -0.39 is 6.17 Å². The largest absolute Gasteiger partial charge is 0.354 e. The highest BCUT2D eigenvalue weighted by Crippen LogP contribution is 2.28. The Kier molecular flexibility index (Phi) is 3.63. The Balaban J connectivity index is 1.37. The van der Waals surface area contributed by atoms with Crippen LogP contribution in [-0.2, 0) is 6.54 Å². The fraction of sp³-hybridized carbons (Fsp3) is 0.263. The zero-order valence-corrected chi connectivity index (χ0v) is 14.5. The first kappa shape index (κ1) is 15.9. The molecular formula is C19H17FN6O. The Bertz CT molecular complexity index is 987. The van der Waals surface area contributed by atoms with Crippen LogP contribution in [0.3, 0.4) is 0 Å². The van der Waals surface area contributed by atoms with Gasteiger partial charge in [-0.1, -0.05) is 0 Å². The zero-order chi connectivity index (χ0) is 18.4. The van der Waals surface area contributed by atoms with E-state index >= 15 is 0 Å². The number of hydrogen-bond donors (Lipinski definition) is 0. The third-order valence-electron chi connectivity index (χ3n) is 4.98. The lowest BCUT2D eigenvalue weighted by atomic mass is 10.3. The number of carbonyl (C=O) groups excluding carboxylic acids is 1. The van der Waals surface area contributed by atoms with Gasteiger partial charge in [0.25, 0.3) is 5.91 Å². The molecule has 0 N–H and O–H groups in total. The first-order chi connectivity index (χ1) is 13.2. The Morgan fingerprint density at radius 2 is 2.07 bits per heavy atom. The number of carbonyl (C=O) groups is 1. The maximum atomic E-state index is 13.4. The van der Waals surface area contributed by atoms with Crippen LogP contribution in [0, 0.1) is 0 Å². The first-order valence-electron chi connectivity index (χ1n) is 8.85. The summed E-state index contributed by atoms with van der Waals surface area (Å²) < 4.78 is 15.0. The molecule has 5 heterocycles. The van der Waals surface area contributed by atoms with Crippen molar-refractivity contribution in [2.45, 2.75) is 19.1 Å². The molecule has 1 fully saturated rings. The summed E-state index contributed by atoms with van der Waals surface area (Å²) >= 11 is 0. The number of pyridine rings is 2. The third-order valence-corrected chi connectivity index (χ3v) is 4.98. The van der Waals surface area contributed by atoms with Gasteiger partial charge in [0.15, 0.2) is 5.69 Å². The van der Waals surface area contributed by atoms with Crippen LogP contribution in [-0.4, -0.2) is 44.9 Å². The smallest absolute Gasteiger partial charge is 0.279 e. The van der Waals surface area contributed by atoms with Gasteiger partial charge in [-0.05, 0) is 30.7 Å². The summed E-state index contributed by atoms with van der Waals surface area (Å²) in [5, 5.41) is 4.45.